The molecule has 3 aliphatic carbocycles. The van der Waals surface area contributed by atoms with Gasteiger partial charge in [0.25, 0.3) is 0 Å². The first-order valence-corrected chi connectivity index (χ1v) is 27.4. The Hall–Kier alpha value is 0.337. The van der Waals surface area contributed by atoms with Gasteiger partial charge in [-0.1, -0.05) is 126 Å². The van der Waals surface area contributed by atoms with Crippen LogP contribution in [0.25, 0.3) is 11.1 Å². The van der Waals surface area contributed by atoms with Crippen molar-refractivity contribution in [2.75, 3.05) is 0 Å². The van der Waals surface area contributed by atoms with Gasteiger partial charge in [-0.05, 0) is 58.4 Å². The SMILES string of the molecule is C[Si](C)(C1CCCC1)[Si](C)(C)C1CCC2C(c3ccccc3-c3ccccc3)CCCC21.[CH3-].[CH3-].[Cl][Zr+2][Cl]. The molecule has 0 radical (unpaired) electrons. The predicted molar refractivity (Wildman–Crippen MR) is 170 cm³/mol. The van der Waals surface area contributed by atoms with Crippen LogP contribution in [0.2, 0.25) is 37.3 Å². The summed E-state index contributed by atoms with van der Waals surface area (Å²) in [5.41, 5.74) is 6.77. The van der Waals surface area contributed by atoms with E-state index in [0.29, 0.717) is 0 Å². The molecule has 0 saturated heterocycles. The third-order valence-corrected chi connectivity index (χ3v) is 31.7. The fraction of sp³-hybridized carbons (Fsp3) is 0.562. The summed E-state index contributed by atoms with van der Waals surface area (Å²) in [6.07, 6.45) is 13.6. The predicted octanol–water partition coefficient (Wildman–Crippen LogP) is 11.7. The van der Waals surface area contributed by atoms with Crippen LogP contribution in [0.5, 0.6) is 0 Å². The van der Waals surface area contributed by atoms with E-state index in [1.165, 1.54) is 49.7 Å². The molecule has 0 N–H and O–H groups in total. The fourth-order valence-electron chi connectivity index (χ4n) is 8.44. The quantitative estimate of drug-likeness (QED) is 0.223. The van der Waals surface area contributed by atoms with Crippen LogP contribution in [0.1, 0.15) is 69.3 Å². The average molecular weight is 653 g/mol. The van der Waals surface area contributed by atoms with Gasteiger partial charge in [-0.15, -0.1) is 0 Å². The number of hydrogen-bond donors (Lipinski definition) is 0. The second-order valence-corrected chi connectivity index (χ2v) is 32.4. The molecule has 3 saturated carbocycles. The summed E-state index contributed by atoms with van der Waals surface area (Å²) in [6, 6.07) is 20.6. The first kappa shape index (κ1) is 33.5. The third kappa shape index (κ3) is 6.98. The van der Waals surface area contributed by atoms with E-state index in [1.54, 1.807) is 24.8 Å². The number of hydrogen-bond acceptors (Lipinski definition) is 0. The molecule has 3 aliphatic rings. The van der Waals surface area contributed by atoms with Crippen LogP contribution >= 0.6 is 17.0 Å². The zero-order valence-electron chi connectivity index (χ0n) is 24.2. The molecule has 0 aliphatic heterocycles. The van der Waals surface area contributed by atoms with E-state index < -0.39 is 36.0 Å². The Labute approximate surface area is 250 Å². The van der Waals surface area contributed by atoms with Crippen molar-refractivity contribution in [1.82, 2.24) is 0 Å². The molecule has 0 amide bonds. The summed E-state index contributed by atoms with van der Waals surface area (Å²) in [5, 5.41) is 0. The Kier molecular flexibility index (Phi) is 13.4. The molecule has 4 atom stereocenters. The summed E-state index contributed by atoms with van der Waals surface area (Å²) in [7, 11) is 7.46. The maximum atomic E-state index is 4.93. The van der Waals surface area contributed by atoms with Crippen molar-refractivity contribution < 1.29 is 20.8 Å². The summed E-state index contributed by atoms with van der Waals surface area (Å²) in [6.45, 7) is 11.4. The van der Waals surface area contributed by atoms with E-state index in [9.17, 15) is 0 Å². The molecule has 37 heavy (non-hydrogen) atoms. The van der Waals surface area contributed by atoms with E-state index in [-0.39, 0.29) is 14.9 Å². The second-order valence-electron chi connectivity index (χ2n) is 12.5. The Morgan fingerprint density at radius 2 is 1.24 bits per heavy atom. The van der Waals surface area contributed by atoms with Gasteiger partial charge in [0.15, 0.2) is 0 Å². The van der Waals surface area contributed by atoms with E-state index >= 15 is 0 Å². The van der Waals surface area contributed by atoms with Gasteiger partial charge >= 0.3 is 37.9 Å². The van der Waals surface area contributed by atoms with E-state index in [1.807, 2.05) is 0 Å². The van der Waals surface area contributed by atoms with Crippen molar-refractivity contribution in [3.8, 4) is 11.1 Å². The first-order valence-electron chi connectivity index (χ1n) is 13.9. The van der Waals surface area contributed by atoms with Crippen LogP contribution in [-0.2, 0) is 20.8 Å². The Morgan fingerprint density at radius 3 is 1.89 bits per heavy atom. The second kappa shape index (κ2) is 14.8. The Morgan fingerprint density at radius 1 is 0.649 bits per heavy atom. The van der Waals surface area contributed by atoms with Gasteiger partial charge < -0.3 is 14.9 Å². The normalized spacial score (nSPS) is 25.6. The van der Waals surface area contributed by atoms with Crippen LogP contribution in [0.15, 0.2) is 54.6 Å². The van der Waals surface area contributed by atoms with Gasteiger partial charge in [0, 0.05) is 15.2 Å². The first-order chi connectivity index (χ1) is 16.8. The molecule has 204 valence electrons. The van der Waals surface area contributed by atoms with Gasteiger partial charge in [-0.3, -0.25) is 0 Å². The average Bonchev–Trinajstić information content (AvgIpc) is 3.56. The van der Waals surface area contributed by atoms with Crippen molar-refractivity contribution in [2.24, 2.45) is 11.8 Å². The van der Waals surface area contributed by atoms with Crippen molar-refractivity contribution in [3.63, 3.8) is 0 Å². The molecule has 0 bridgehead atoms. The molecular weight excluding hydrogens is 603 g/mol. The van der Waals surface area contributed by atoms with E-state index in [2.05, 4.69) is 80.8 Å². The van der Waals surface area contributed by atoms with Crippen molar-refractivity contribution in [2.45, 2.75) is 101 Å². The number of halogens is 2. The van der Waals surface area contributed by atoms with Crippen molar-refractivity contribution in [3.05, 3.63) is 75.0 Å². The van der Waals surface area contributed by atoms with Gasteiger partial charge in [-0.25, -0.2) is 0 Å². The molecule has 0 spiro atoms. The van der Waals surface area contributed by atoms with Gasteiger partial charge in [0.05, 0.1) is 0 Å². The topological polar surface area (TPSA) is 0 Å². The summed E-state index contributed by atoms with van der Waals surface area (Å²) in [4.78, 5) is 0. The van der Waals surface area contributed by atoms with Crippen LogP contribution in [0.4, 0.5) is 0 Å². The summed E-state index contributed by atoms with van der Waals surface area (Å²) >= 11 is -0.826. The molecule has 3 fully saturated rings. The van der Waals surface area contributed by atoms with Crippen molar-refractivity contribution in [1.29, 1.82) is 0 Å². The monoisotopic (exact) mass is 650 g/mol. The van der Waals surface area contributed by atoms with Crippen LogP contribution in [0.3, 0.4) is 0 Å². The molecule has 2 aromatic carbocycles. The van der Waals surface area contributed by atoms with Gasteiger partial charge in [-0.2, -0.15) is 0 Å². The minimum atomic E-state index is -1.24. The van der Waals surface area contributed by atoms with Crippen LogP contribution in [-0.4, -0.2) is 15.2 Å². The Balaban J connectivity index is 0.000000919. The molecule has 5 heteroatoms. The number of rotatable bonds is 5. The van der Waals surface area contributed by atoms with Crippen molar-refractivity contribution >= 4 is 32.2 Å². The standard InChI is InChI=1S/C30H44Si2.2CH3.2ClH.Zr/c1-31(2,24-15-8-9-16-24)32(3,4)30-22-21-28-27(19-12-20-29(28)30)26-18-11-10-17-25(26)23-13-6-5-7-14-23;;;;;/h5-7,10-11,13-14,17-18,24,27-30H,8-9,12,15-16,19-22H2,1-4H3;2*1H3;2*1H;/q;2*-1;;;+4/p-2. The van der Waals surface area contributed by atoms with Crippen LogP contribution < -0.4 is 0 Å². The molecule has 5 rings (SSSR count). The van der Waals surface area contributed by atoms with E-state index in [4.69, 9.17) is 17.0 Å². The number of fused-ring (bicyclic) bond motifs is 1. The minimum absolute atomic E-state index is 0. The molecule has 2 aromatic rings. The van der Waals surface area contributed by atoms with Gasteiger partial charge in [0.1, 0.15) is 0 Å². The number of benzene rings is 2. The third-order valence-electron chi connectivity index (χ3n) is 10.9. The summed E-state index contributed by atoms with van der Waals surface area (Å²) < 4.78 is 0. The molecule has 0 heterocycles. The zero-order chi connectivity index (χ0) is 25.1. The summed E-state index contributed by atoms with van der Waals surface area (Å²) in [5.74, 6) is 2.71. The maximum absolute atomic E-state index is 4.93. The Bertz CT molecular complexity index is 943. The van der Waals surface area contributed by atoms with Gasteiger partial charge in [0.2, 0.25) is 0 Å². The van der Waals surface area contributed by atoms with E-state index in [0.717, 1.165) is 28.8 Å². The molecule has 4 unspecified atom stereocenters. The fourth-order valence-corrected chi connectivity index (χ4v) is 22.6. The molecule has 0 aromatic heterocycles. The zero-order valence-corrected chi connectivity index (χ0v) is 30.2. The van der Waals surface area contributed by atoms with Crippen LogP contribution in [0, 0.1) is 26.7 Å². The molecular formula is C32H50Cl2Si2Zr. The molecule has 0 nitrogen and oxygen atoms in total.